The Morgan fingerprint density at radius 2 is 0.546 bits per heavy atom. The van der Waals surface area contributed by atoms with Crippen LogP contribution in [-0.4, -0.2) is 95.9 Å². The van der Waals surface area contributed by atoms with Crippen LogP contribution in [0.3, 0.4) is 0 Å². The number of phosphoric acid groups is 2. The number of allylic oxidation sites excluding steroid dienone is 24. The minimum Gasteiger partial charge on any atom is -0.463 e. The average molecular weight is 1400 g/mol. The number of carbonyl (C=O) groups is 3. The molecule has 0 saturated carbocycles. The predicted molar refractivity (Wildman–Crippen MR) is 399 cm³/mol. The third-order valence-corrected chi connectivity index (χ3v) is 16.9. The first-order chi connectivity index (χ1) is 47.2. The molecule has 0 rings (SSSR count). The molecule has 4 N–H and O–H groups in total. The highest BCUT2D eigenvalue weighted by Gasteiger charge is 2.29. The van der Waals surface area contributed by atoms with Crippen LogP contribution in [0.4, 0.5) is 0 Å². The van der Waals surface area contributed by atoms with Gasteiger partial charge in [0.05, 0.1) is 26.4 Å². The first-order valence-corrected chi connectivity index (χ1v) is 40.1. The quantitative estimate of drug-likeness (QED) is 0.0146. The summed E-state index contributed by atoms with van der Waals surface area (Å²) in [6.07, 6.45) is 86.1. The molecular weight excluding hydrogens is 1270 g/mol. The van der Waals surface area contributed by atoms with Crippen molar-refractivity contribution in [2.75, 3.05) is 39.6 Å². The zero-order valence-electron chi connectivity index (χ0n) is 60.2. The molecule has 0 spiro atoms. The van der Waals surface area contributed by atoms with Gasteiger partial charge in [0, 0.05) is 19.3 Å². The van der Waals surface area contributed by atoms with Crippen LogP contribution >= 0.6 is 15.6 Å². The summed E-state index contributed by atoms with van der Waals surface area (Å²) in [4.78, 5) is 58.5. The maximum Gasteiger partial charge on any atom is 0.472 e. The summed E-state index contributed by atoms with van der Waals surface area (Å²) in [6.45, 7) is 2.37. The highest BCUT2D eigenvalue weighted by molar-refractivity contribution is 7.47. The Hall–Kier alpha value is -4.57. The standard InChI is InChI=1S/C79H132O16P2/c1-4-7-10-13-16-19-22-25-27-29-31-33-35-36-38-40-41-43-45-48-50-53-56-59-62-65-77(82)89-68-74(80)69-91-96(85,86)92-70-75(81)71-93-97(87,88)94-73-76(95-79(84)67-64-61-58-55-52-47-24-21-18-15-12-9-6-3)72-90-78(83)66-63-60-57-54-51-49-46-44-42-39-37-34-32-30-28-26-23-20-17-14-11-8-5-2/h7-8,10-11,16-17,19-21,24-28,31-34,36,38-39,42,46,49,74-76,80-81H,4-6,9,12-15,18,22-23,29-30,35,37,40-41,43-45,47-48,50-73H2,1-3H3,(H,85,86)(H,87,88)/b10-7-,11-8-,19-16-,20-17-,24-21-,27-25-,28-26-,33-31-,34-32-,38-36-,42-39-,49-46-. The molecule has 0 aromatic carbocycles. The first-order valence-electron chi connectivity index (χ1n) is 37.1. The van der Waals surface area contributed by atoms with E-state index in [1.54, 1.807) is 0 Å². The van der Waals surface area contributed by atoms with E-state index in [9.17, 15) is 43.5 Å². The Kier molecular flexibility index (Phi) is 67.9. The number of hydrogen-bond acceptors (Lipinski definition) is 14. The minimum atomic E-state index is -4.94. The Morgan fingerprint density at radius 3 is 0.876 bits per heavy atom. The molecule has 0 aromatic heterocycles. The lowest BCUT2D eigenvalue weighted by Crippen LogP contribution is -2.30. The van der Waals surface area contributed by atoms with E-state index in [2.05, 4.69) is 167 Å². The molecule has 0 aliphatic rings. The zero-order valence-corrected chi connectivity index (χ0v) is 62.0. The van der Waals surface area contributed by atoms with Gasteiger partial charge in [-0.3, -0.25) is 32.5 Å². The average Bonchev–Trinajstić information content (AvgIpc) is 1.87. The number of hydrogen-bond donors (Lipinski definition) is 4. The van der Waals surface area contributed by atoms with Gasteiger partial charge in [-0.2, -0.15) is 0 Å². The Balaban J connectivity index is 4.62. The lowest BCUT2D eigenvalue weighted by Gasteiger charge is -2.21. The number of aliphatic hydroxyl groups is 2. The van der Waals surface area contributed by atoms with Crippen LogP contribution in [0.2, 0.25) is 0 Å². The molecular formula is C79H132O16P2. The van der Waals surface area contributed by atoms with E-state index in [0.717, 1.165) is 167 Å². The molecule has 0 aliphatic heterocycles. The number of phosphoric ester groups is 2. The van der Waals surface area contributed by atoms with Crippen LogP contribution in [0.5, 0.6) is 0 Å². The second-order valence-electron chi connectivity index (χ2n) is 24.3. The van der Waals surface area contributed by atoms with Gasteiger partial charge >= 0.3 is 33.6 Å². The summed E-state index contributed by atoms with van der Waals surface area (Å²) in [6, 6.07) is 0. The van der Waals surface area contributed by atoms with E-state index in [1.165, 1.54) is 51.4 Å². The molecule has 5 unspecified atom stereocenters. The van der Waals surface area contributed by atoms with Crippen molar-refractivity contribution in [3.05, 3.63) is 146 Å². The molecule has 0 saturated heterocycles. The van der Waals surface area contributed by atoms with Gasteiger partial charge in [0.1, 0.15) is 25.4 Å². The van der Waals surface area contributed by atoms with E-state index in [1.807, 2.05) is 0 Å². The Morgan fingerprint density at radius 1 is 0.299 bits per heavy atom. The molecule has 0 heterocycles. The van der Waals surface area contributed by atoms with Gasteiger partial charge in [0.15, 0.2) is 6.10 Å². The molecule has 0 fully saturated rings. The fourth-order valence-corrected chi connectivity index (χ4v) is 11.0. The van der Waals surface area contributed by atoms with Crippen LogP contribution in [0, 0.1) is 0 Å². The highest BCUT2D eigenvalue weighted by Crippen LogP contribution is 2.45. The molecule has 0 amide bonds. The van der Waals surface area contributed by atoms with Crippen LogP contribution in [0.1, 0.15) is 278 Å². The van der Waals surface area contributed by atoms with E-state index in [0.29, 0.717) is 19.3 Å². The van der Waals surface area contributed by atoms with Gasteiger partial charge in [-0.15, -0.1) is 0 Å². The Bertz CT molecular complexity index is 2350. The molecule has 0 bridgehead atoms. The fraction of sp³-hybridized carbons (Fsp3) is 0.658. The summed E-state index contributed by atoms with van der Waals surface area (Å²) < 4.78 is 61.0. The highest BCUT2D eigenvalue weighted by atomic mass is 31.2. The number of carbonyl (C=O) groups excluding carboxylic acids is 3. The first kappa shape index (κ1) is 92.4. The van der Waals surface area contributed by atoms with Gasteiger partial charge in [0.25, 0.3) is 0 Å². The van der Waals surface area contributed by atoms with Gasteiger partial charge in [0.2, 0.25) is 0 Å². The molecule has 97 heavy (non-hydrogen) atoms. The molecule has 5 atom stereocenters. The third-order valence-electron chi connectivity index (χ3n) is 15.0. The summed E-state index contributed by atoms with van der Waals surface area (Å²) in [7, 11) is -9.80. The number of ether oxygens (including phenoxy) is 3. The lowest BCUT2D eigenvalue weighted by atomic mass is 10.1. The van der Waals surface area contributed by atoms with Gasteiger partial charge in [-0.25, -0.2) is 9.13 Å². The SMILES string of the molecule is CC/C=C\C/C=C\C/C=C\C/C=C\C/C=C\C/C=C\CCCCCCC(=O)OCC(COP(=O)(O)OCC(O)COP(=O)(O)OCC(O)COC(=O)CCCCCCCCCCC/C=C\C/C=C\C/C=C\C/C=C\C/C=C\CC)OC(=O)CCCCCCC/C=C\CCCCCC. The third kappa shape index (κ3) is 72.5. The van der Waals surface area contributed by atoms with Crippen molar-refractivity contribution in [3.63, 3.8) is 0 Å². The van der Waals surface area contributed by atoms with Crippen molar-refractivity contribution in [1.82, 2.24) is 0 Å². The molecule has 18 heteroatoms. The van der Waals surface area contributed by atoms with Crippen LogP contribution < -0.4 is 0 Å². The van der Waals surface area contributed by atoms with Gasteiger partial charge in [-0.05, 0) is 141 Å². The zero-order chi connectivity index (χ0) is 70.9. The Labute approximate surface area is 587 Å². The fourth-order valence-electron chi connectivity index (χ4n) is 9.42. The van der Waals surface area contributed by atoms with Gasteiger partial charge < -0.3 is 34.2 Å². The molecule has 0 aromatic rings. The lowest BCUT2D eigenvalue weighted by molar-refractivity contribution is -0.161. The van der Waals surface area contributed by atoms with Crippen molar-refractivity contribution in [2.45, 2.75) is 296 Å². The van der Waals surface area contributed by atoms with Crippen LogP contribution in [-0.2, 0) is 55.8 Å². The smallest absolute Gasteiger partial charge is 0.463 e. The van der Waals surface area contributed by atoms with E-state index >= 15 is 0 Å². The maximum absolute atomic E-state index is 12.9. The maximum atomic E-state index is 12.9. The largest absolute Gasteiger partial charge is 0.472 e. The summed E-state index contributed by atoms with van der Waals surface area (Å²) in [5.74, 6) is -1.62. The molecule has 0 radical (unpaired) electrons. The number of aliphatic hydroxyl groups excluding tert-OH is 2. The van der Waals surface area contributed by atoms with E-state index < -0.39 is 91.5 Å². The topological polar surface area (TPSA) is 231 Å². The van der Waals surface area contributed by atoms with E-state index in [-0.39, 0.29) is 19.3 Å². The second kappa shape index (κ2) is 71.3. The number of esters is 3. The summed E-state index contributed by atoms with van der Waals surface area (Å²) in [5.41, 5.74) is 0. The normalized spacial score (nSPS) is 14.9. The van der Waals surface area contributed by atoms with Crippen molar-refractivity contribution in [2.24, 2.45) is 0 Å². The van der Waals surface area contributed by atoms with Crippen molar-refractivity contribution in [1.29, 1.82) is 0 Å². The monoisotopic (exact) mass is 1400 g/mol. The van der Waals surface area contributed by atoms with Crippen LogP contribution in [0.25, 0.3) is 0 Å². The van der Waals surface area contributed by atoms with Gasteiger partial charge in [-0.1, -0.05) is 263 Å². The molecule has 0 aliphatic carbocycles. The van der Waals surface area contributed by atoms with E-state index in [4.69, 9.17) is 32.3 Å². The van der Waals surface area contributed by atoms with Crippen molar-refractivity contribution < 1.29 is 75.8 Å². The summed E-state index contributed by atoms with van der Waals surface area (Å²) in [5, 5.41) is 20.6. The molecule has 16 nitrogen and oxygen atoms in total. The molecule has 554 valence electrons. The van der Waals surface area contributed by atoms with Crippen molar-refractivity contribution in [3.8, 4) is 0 Å². The van der Waals surface area contributed by atoms with Crippen molar-refractivity contribution >= 4 is 33.6 Å². The predicted octanol–water partition coefficient (Wildman–Crippen LogP) is 21.3. The second-order valence-corrected chi connectivity index (χ2v) is 27.2. The summed E-state index contributed by atoms with van der Waals surface area (Å²) >= 11 is 0. The number of unbranched alkanes of at least 4 members (excludes halogenated alkanes) is 22. The van der Waals surface area contributed by atoms with Crippen LogP contribution in [0.15, 0.2) is 146 Å². The minimum absolute atomic E-state index is 0.0844. The number of rotatable bonds is 69.